The number of ether oxygens (including phenoxy) is 2. The summed E-state index contributed by atoms with van der Waals surface area (Å²) >= 11 is 0. The molecule has 1 aliphatic heterocycles. The number of imidazole rings is 1. The zero-order valence-electron chi connectivity index (χ0n) is 22.3. The van der Waals surface area contributed by atoms with Gasteiger partial charge in [-0.1, -0.05) is 18.2 Å². The van der Waals surface area contributed by atoms with Crippen LogP contribution in [0.4, 0.5) is 14.5 Å². The molecule has 10 heteroatoms. The van der Waals surface area contributed by atoms with Gasteiger partial charge in [0.25, 0.3) is 0 Å². The number of aryl methyl sites for hydroxylation is 1. The quantitative estimate of drug-likeness (QED) is 0.263. The number of aromatic nitrogens is 3. The summed E-state index contributed by atoms with van der Waals surface area (Å²) in [6.07, 6.45) is 4.56. The lowest BCUT2D eigenvalue weighted by Crippen LogP contribution is -2.39. The number of ketones is 1. The van der Waals surface area contributed by atoms with Crippen LogP contribution in [0.3, 0.4) is 0 Å². The van der Waals surface area contributed by atoms with E-state index < -0.39 is 11.6 Å². The summed E-state index contributed by atoms with van der Waals surface area (Å²) in [4.78, 5) is 19.7. The van der Waals surface area contributed by atoms with Gasteiger partial charge in [0.05, 0.1) is 30.8 Å². The van der Waals surface area contributed by atoms with E-state index >= 15 is 0 Å². The third-order valence-electron chi connectivity index (χ3n) is 7.42. The van der Waals surface area contributed by atoms with Crippen LogP contribution in [0, 0.1) is 24.5 Å². The van der Waals surface area contributed by atoms with Crippen LogP contribution in [0.5, 0.6) is 11.6 Å². The van der Waals surface area contributed by atoms with Gasteiger partial charge in [-0.2, -0.15) is 4.39 Å². The van der Waals surface area contributed by atoms with Gasteiger partial charge in [-0.3, -0.25) is 9.69 Å². The number of carbonyl (C=O) groups is 1. The average Bonchev–Trinajstić information content (AvgIpc) is 3.66. The van der Waals surface area contributed by atoms with Gasteiger partial charge >= 0.3 is 0 Å². The van der Waals surface area contributed by atoms with Crippen molar-refractivity contribution < 1.29 is 23.0 Å². The van der Waals surface area contributed by atoms with Crippen LogP contribution in [-0.4, -0.2) is 64.7 Å². The molecule has 2 aliphatic rings. The average molecular weight is 548 g/mol. The first-order valence-corrected chi connectivity index (χ1v) is 13.6. The molecule has 1 aliphatic carbocycles. The molecule has 2 fully saturated rings. The third-order valence-corrected chi connectivity index (χ3v) is 7.42. The number of carbonyl (C=O) groups excluding carboxylic acids is 1. The van der Waals surface area contributed by atoms with E-state index in [-0.39, 0.29) is 17.4 Å². The van der Waals surface area contributed by atoms with Crippen molar-refractivity contribution in [3.05, 3.63) is 71.4 Å². The highest BCUT2D eigenvalue weighted by Gasteiger charge is 2.26. The van der Waals surface area contributed by atoms with E-state index in [9.17, 15) is 13.6 Å². The van der Waals surface area contributed by atoms with Gasteiger partial charge in [0.2, 0.25) is 11.7 Å². The lowest BCUT2D eigenvalue weighted by Gasteiger charge is -2.26. The predicted octanol–water partition coefficient (Wildman–Crippen LogP) is 5.50. The Bertz CT molecular complexity index is 1550. The van der Waals surface area contributed by atoms with Gasteiger partial charge in [-0.25, -0.2) is 13.9 Å². The summed E-state index contributed by atoms with van der Waals surface area (Å²) in [5.74, 6) is -1.58. The molecular formula is C30H31F2N5O3. The van der Waals surface area contributed by atoms with Gasteiger partial charge in [0.15, 0.2) is 23.0 Å². The van der Waals surface area contributed by atoms with Crippen LogP contribution >= 0.6 is 0 Å². The summed E-state index contributed by atoms with van der Waals surface area (Å²) in [7, 11) is 0. The molecule has 8 nitrogen and oxygen atoms in total. The summed E-state index contributed by atoms with van der Waals surface area (Å²) in [5, 5.41) is 7.99. The normalized spacial score (nSPS) is 15.9. The molecule has 2 aromatic heterocycles. The fraction of sp³-hybridized carbons (Fsp3) is 0.367. The molecule has 1 saturated carbocycles. The molecular weight excluding hydrogens is 516 g/mol. The van der Waals surface area contributed by atoms with Gasteiger partial charge < -0.3 is 14.8 Å². The monoisotopic (exact) mass is 547 g/mol. The lowest BCUT2D eigenvalue weighted by molar-refractivity contribution is 0.0398. The Balaban J connectivity index is 1.33. The Morgan fingerprint density at radius 2 is 1.98 bits per heavy atom. The first-order valence-electron chi connectivity index (χ1n) is 13.6. The minimum absolute atomic E-state index is 0.0816. The number of rotatable bonds is 10. The Morgan fingerprint density at radius 1 is 1.15 bits per heavy atom. The van der Waals surface area contributed by atoms with Crippen molar-refractivity contribution >= 4 is 17.1 Å². The number of Topliss-reactive ketones (excluding diaryl/α,β-unsaturated/α-hetero) is 1. The molecule has 3 heterocycles. The van der Waals surface area contributed by atoms with Crippen LogP contribution < -0.4 is 10.1 Å². The van der Waals surface area contributed by atoms with E-state index in [4.69, 9.17) is 9.47 Å². The summed E-state index contributed by atoms with van der Waals surface area (Å²) < 4.78 is 41.1. The number of hydrogen-bond acceptors (Lipinski definition) is 7. The van der Waals surface area contributed by atoms with Crippen LogP contribution in [0.1, 0.15) is 35.2 Å². The van der Waals surface area contributed by atoms with E-state index in [2.05, 4.69) is 20.3 Å². The van der Waals surface area contributed by atoms with Crippen molar-refractivity contribution in [1.29, 1.82) is 0 Å². The van der Waals surface area contributed by atoms with Crippen molar-refractivity contribution in [2.45, 2.75) is 26.2 Å². The largest absolute Gasteiger partial charge is 0.434 e. The highest BCUT2D eigenvalue weighted by atomic mass is 19.2. The minimum atomic E-state index is -1.08. The van der Waals surface area contributed by atoms with E-state index in [0.717, 1.165) is 55.2 Å². The summed E-state index contributed by atoms with van der Waals surface area (Å²) in [6, 6.07) is 11.1. The van der Waals surface area contributed by atoms with E-state index in [1.165, 1.54) is 12.1 Å². The summed E-state index contributed by atoms with van der Waals surface area (Å²) in [5.41, 5.74) is 4.34. The van der Waals surface area contributed by atoms with Crippen LogP contribution in [0.15, 0.2) is 48.7 Å². The molecule has 2 aromatic carbocycles. The zero-order valence-corrected chi connectivity index (χ0v) is 22.3. The van der Waals surface area contributed by atoms with E-state index in [1.54, 1.807) is 16.8 Å². The van der Waals surface area contributed by atoms with Crippen LogP contribution in [0.2, 0.25) is 0 Å². The topological polar surface area (TPSA) is 81.0 Å². The third kappa shape index (κ3) is 5.68. The Labute approximate surface area is 230 Å². The zero-order chi connectivity index (χ0) is 27.6. The van der Waals surface area contributed by atoms with Crippen molar-refractivity contribution in [1.82, 2.24) is 19.5 Å². The summed E-state index contributed by atoms with van der Waals surface area (Å²) in [6.45, 7) is 6.52. The number of anilines is 1. The maximum atomic E-state index is 14.4. The Hall–Kier alpha value is -3.89. The van der Waals surface area contributed by atoms with Crippen molar-refractivity contribution in [2.24, 2.45) is 5.92 Å². The first-order chi connectivity index (χ1) is 19.5. The predicted molar refractivity (Wildman–Crippen MR) is 147 cm³/mol. The Kier molecular flexibility index (Phi) is 7.44. The van der Waals surface area contributed by atoms with Crippen molar-refractivity contribution in [2.75, 3.05) is 44.7 Å². The second kappa shape index (κ2) is 11.3. The number of halogens is 2. The van der Waals surface area contributed by atoms with Crippen molar-refractivity contribution in [3.8, 4) is 22.9 Å². The van der Waals surface area contributed by atoms with Gasteiger partial charge in [-0.15, -0.1) is 5.10 Å². The van der Waals surface area contributed by atoms with E-state index in [1.807, 2.05) is 25.1 Å². The number of benzene rings is 2. The molecule has 0 atom stereocenters. The van der Waals surface area contributed by atoms with Crippen LogP contribution in [0.25, 0.3) is 16.9 Å². The molecule has 1 N–H and O–H groups in total. The minimum Gasteiger partial charge on any atom is -0.434 e. The van der Waals surface area contributed by atoms with Crippen LogP contribution in [-0.2, 0) is 4.74 Å². The highest BCUT2D eigenvalue weighted by Crippen LogP contribution is 2.35. The van der Waals surface area contributed by atoms with Gasteiger partial charge in [0, 0.05) is 49.8 Å². The van der Waals surface area contributed by atoms with Gasteiger partial charge in [0.1, 0.15) is 0 Å². The van der Waals surface area contributed by atoms with Gasteiger partial charge in [-0.05, 0) is 49.4 Å². The molecule has 0 radical (unpaired) electrons. The highest BCUT2D eigenvalue weighted by molar-refractivity contribution is 5.98. The first kappa shape index (κ1) is 26.3. The smallest absolute Gasteiger partial charge is 0.239 e. The molecule has 0 unspecified atom stereocenters. The fourth-order valence-corrected chi connectivity index (χ4v) is 5.00. The molecule has 4 aromatic rings. The molecule has 0 amide bonds. The number of morpholine rings is 1. The number of hydrogen-bond donors (Lipinski definition) is 1. The second-order valence-electron chi connectivity index (χ2n) is 10.4. The van der Waals surface area contributed by atoms with Crippen molar-refractivity contribution in [3.63, 3.8) is 0 Å². The standard InChI is InChI=1S/C30H31F2N5O3/c1-19-15-21(7-8-22(19)26(38)16-20-5-6-20)25-18-34-30-24(33-9-10-36-11-13-39-14-12-36)17-28(35-37(25)30)40-27-4-2-3-23(31)29(27)32/h2-4,7-8,15,17-18,20,33H,5-6,9-14,16H2,1H3. The number of nitrogens with one attached hydrogen (secondary N) is 1. The fourth-order valence-electron chi connectivity index (χ4n) is 5.00. The molecule has 6 rings (SSSR count). The SMILES string of the molecule is Cc1cc(-c2cnc3c(NCCN4CCOCC4)cc(Oc4cccc(F)c4F)nn23)ccc1C(=O)CC1CC1. The molecule has 0 spiro atoms. The molecule has 1 saturated heterocycles. The maximum Gasteiger partial charge on any atom is 0.239 e. The number of nitrogens with zero attached hydrogens (tertiary/aromatic N) is 4. The lowest BCUT2D eigenvalue weighted by atomic mass is 9.98. The van der Waals surface area contributed by atoms with E-state index in [0.29, 0.717) is 49.1 Å². The molecule has 208 valence electrons. The molecule has 40 heavy (non-hydrogen) atoms. The number of fused-ring (bicyclic) bond motifs is 1. The maximum absolute atomic E-state index is 14.4. The Morgan fingerprint density at radius 3 is 2.75 bits per heavy atom. The molecule has 0 bridgehead atoms. The second-order valence-corrected chi connectivity index (χ2v) is 10.4.